The molecule has 3 aromatic rings. The number of carbonyl (C=O) groups excluding carboxylic acids is 1. The fourth-order valence-corrected chi connectivity index (χ4v) is 4.62. The van der Waals surface area contributed by atoms with E-state index < -0.39 is 0 Å². The van der Waals surface area contributed by atoms with E-state index in [1.807, 2.05) is 43.5 Å². The van der Waals surface area contributed by atoms with E-state index in [-0.39, 0.29) is 23.3 Å². The highest BCUT2D eigenvalue weighted by Crippen LogP contribution is 2.21. The molecule has 0 saturated carbocycles. The third-order valence-electron chi connectivity index (χ3n) is 4.43. The van der Waals surface area contributed by atoms with Gasteiger partial charge in [0.05, 0.1) is 11.3 Å². The Labute approximate surface area is 173 Å². The molecule has 1 unspecified atom stereocenters. The van der Waals surface area contributed by atoms with Crippen molar-refractivity contribution in [2.24, 2.45) is 0 Å². The Balaban J connectivity index is 1.58. The van der Waals surface area contributed by atoms with Crippen molar-refractivity contribution in [1.29, 1.82) is 0 Å². The molecule has 1 N–H and O–H groups in total. The first-order valence-electron chi connectivity index (χ1n) is 9.52. The molecule has 7 heteroatoms. The molecule has 0 bridgehead atoms. The molecular formula is C21H25N3O2S2. The number of benzene rings is 1. The maximum Gasteiger partial charge on any atom is 0.272 e. The molecule has 0 saturated heterocycles. The SMILES string of the molecule is CCCn1c(SCC(=O)NC(C)CCc2ccccc2)nc2ccsc2c1=O. The number of rotatable bonds is 9. The van der Waals surface area contributed by atoms with Gasteiger partial charge in [0.25, 0.3) is 5.56 Å². The van der Waals surface area contributed by atoms with E-state index in [9.17, 15) is 9.59 Å². The smallest absolute Gasteiger partial charge is 0.272 e. The number of carbonyl (C=O) groups is 1. The van der Waals surface area contributed by atoms with Crippen molar-refractivity contribution in [3.63, 3.8) is 0 Å². The second kappa shape index (κ2) is 9.89. The van der Waals surface area contributed by atoms with Crippen molar-refractivity contribution in [3.05, 3.63) is 57.7 Å². The van der Waals surface area contributed by atoms with Gasteiger partial charge in [-0.1, -0.05) is 49.0 Å². The molecule has 0 aliphatic rings. The quantitative estimate of drug-likeness (QED) is 0.422. The van der Waals surface area contributed by atoms with Gasteiger partial charge in [0.1, 0.15) is 4.70 Å². The van der Waals surface area contributed by atoms with Gasteiger partial charge in [0, 0.05) is 12.6 Å². The van der Waals surface area contributed by atoms with Gasteiger partial charge in [-0.2, -0.15) is 0 Å². The largest absolute Gasteiger partial charge is 0.353 e. The Hall–Kier alpha value is -2.12. The van der Waals surface area contributed by atoms with E-state index in [0.29, 0.717) is 21.9 Å². The van der Waals surface area contributed by atoms with Crippen LogP contribution in [-0.2, 0) is 17.8 Å². The average molecular weight is 416 g/mol. The van der Waals surface area contributed by atoms with Gasteiger partial charge in [-0.3, -0.25) is 14.2 Å². The summed E-state index contributed by atoms with van der Waals surface area (Å²) in [6.45, 7) is 4.66. The molecule has 2 aromatic heterocycles. The number of nitrogens with one attached hydrogen (secondary N) is 1. The molecule has 0 spiro atoms. The number of amides is 1. The van der Waals surface area contributed by atoms with Crippen LogP contribution in [0.2, 0.25) is 0 Å². The highest BCUT2D eigenvalue weighted by atomic mass is 32.2. The normalized spacial score (nSPS) is 12.2. The van der Waals surface area contributed by atoms with Crippen molar-refractivity contribution in [3.8, 4) is 0 Å². The van der Waals surface area contributed by atoms with E-state index in [0.717, 1.165) is 19.3 Å². The van der Waals surface area contributed by atoms with Gasteiger partial charge in [0.15, 0.2) is 5.16 Å². The third kappa shape index (κ3) is 5.23. The first-order valence-corrected chi connectivity index (χ1v) is 11.4. The minimum atomic E-state index is -0.0340. The Bertz CT molecular complexity index is 982. The lowest BCUT2D eigenvalue weighted by Gasteiger charge is -2.15. The first kappa shape index (κ1) is 20.6. The highest BCUT2D eigenvalue weighted by Gasteiger charge is 2.14. The minimum absolute atomic E-state index is 0.0130. The van der Waals surface area contributed by atoms with Crippen LogP contribution in [0.5, 0.6) is 0 Å². The van der Waals surface area contributed by atoms with Gasteiger partial charge >= 0.3 is 0 Å². The van der Waals surface area contributed by atoms with Crippen molar-refractivity contribution in [2.75, 3.05) is 5.75 Å². The van der Waals surface area contributed by atoms with Gasteiger partial charge in [-0.25, -0.2) is 4.98 Å². The Kier molecular flexibility index (Phi) is 7.28. The van der Waals surface area contributed by atoms with Crippen LogP contribution in [0.1, 0.15) is 32.3 Å². The highest BCUT2D eigenvalue weighted by molar-refractivity contribution is 7.99. The zero-order valence-corrected chi connectivity index (χ0v) is 17.8. The first-order chi connectivity index (χ1) is 13.6. The third-order valence-corrected chi connectivity index (χ3v) is 6.29. The number of nitrogens with zero attached hydrogens (tertiary/aromatic N) is 2. The molecule has 0 aliphatic carbocycles. The summed E-state index contributed by atoms with van der Waals surface area (Å²) in [6.07, 6.45) is 2.66. The van der Waals surface area contributed by atoms with Crippen LogP contribution in [0.4, 0.5) is 0 Å². The maximum atomic E-state index is 12.7. The summed E-state index contributed by atoms with van der Waals surface area (Å²) >= 11 is 2.74. The number of thiophene rings is 1. The van der Waals surface area contributed by atoms with E-state index in [2.05, 4.69) is 22.4 Å². The van der Waals surface area contributed by atoms with Crippen molar-refractivity contribution in [1.82, 2.24) is 14.9 Å². The molecule has 1 amide bonds. The molecule has 0 radical (unpaired) electrons. The number of hydrogen-bond donors (Lipinski definition) is 1. The van der Waals surface area contributed by atoms with E-state index in [4.69, 9.17) is 0 Å². The van der Waals surface area contributed by atoms with Crippen LogP contribution in [0.3, 0.4) is 0 Å². The maximum absolute atomic E-state index is 12.7. The number of hydrogen-bond acceptors (Lipinski definition) is 5. The zero-order valence-electron chi connectivity index (χ0n) is 16.2. The van der Waals surface area contributed by atoms with Crippen LogP contribution >= 0.6 is 23.1 Å². The number of fused-ring (bicyclic) bond motifs is 1. The van der Waals surface area contributed by atoms with Crippen molar-refractivity contribution in [2.45, 2.75) is 50.9 Å². The lowest BCUT2D eigenvalue weighted by atomic mass is 10.1. The monoisotopic (exact) mass is 415 g/mol. The molecule has 148 valence electrons. The molecule has 2 heterocycles. The number of aromatic nitrogens is 2. The number of thioether (sulfide) groups is 1. The molecule has 0 fully saturated rings. The van der Waals surface area contributed by atoms with Gasteiger partial charge in [0.2, 0.25) is 5.91 Å². The molecule has 1 aromatic carbocycles. The van der Waals surface area contributed by atoms with Crippen molar-refractivity contribution < 1.29 is 4.79 Å². The molecule has 28 heavy (non-hydrogen) atoms. The van der Waals surface area contributed by atoms with E-state index in [1.165, 1.54) is 28.7 Å². The van der Waals surface area contributed by atoms with Crippen LogP contribution in [0.15, 0.2) is 51.7 Å². The lowest BCUT2D eigenvalue weighted by molar-refractivity contribution is -0.119. The van der Waals surface area contributed by atoms with Crippen LogP contribution < -0.4 is 10.9 Å². The van der Waals surface area contributed by atoms with Crippen molar-refractivity contribution >= 4 is 39.2 Å². The van der Waals surface area contributed by atoms with Crippen LogP contribution in [-0.4, -0.2) is 27.3 Å². The summed E-state index contributed by atoms with van der Waals surface area (Å²) in [5, 5.41) is 5.54. The summed E-state index contributed by atoms with van der Waals surface area (Å²) < 4.78 is 2.37. The standard InChI is InChI=1S/C21H25N3O2S2/c1-3-12-24-20(26)19-17(11-13-27-19)23-21(24)28-14-18(25)22-15(2)9-10-16-7-5-4-6-8-16/h4-8,11,13,15H,3,9-10,12,14H2,1-2H3,(H,22,25). The fourth-order valence-electron chi connectivity index (χ4n) is 3.00. The minimum Gasteiger partial charge on any atom is -0.353 e. The number of aryl methyl sites for hydroxylation is 1. The Morgan fingerprint density at radius 3 is 2.82 bits per heavy atom. The second-order valence-electron chi connectivity index (χ2n) is 6.77. The van der Waals surface area contributed by atoms with Gasteiger partial charge in [-0.15, -0.1) is 11.3 Å². The summed E-state index contributed by atoms with van der Waals surface area (Å²) in [5.74, 6) is 0.217. The predicted molar refractivity (Wildman–Crippen MR) is 117 cm³/mol. The molecular weight excluding hydrogens is 390 g/mol. The fraction of sp³-hybridized carbons (Fsp3) is 0.381. The van der Waals surface area contributed by atoms with Crippen LogP contribution in [0.25, 0.3) is 10.2 Å². The Morgan fingerprint density at radius 1 is 1.29 bits per heavy atom. The zero-order chi connectivity index (χ0) is 19.9. The van der Waals surface area contributed by atoms with Gasteiger partial charge in [-0.05, 0) is 43.2 Å². The summed E-state index contributed by atoms with van der Waals surface area (Å²) in [4.78, 5) is 29.6. The summed E-state index contributed by atoms with van der Waals surface area (Å²) in [6, 6.07) is 12.2. The summed E-state index contributed by atoms with van der Waals surface area (Å²) in [5.41, 5.74) is 1.97. The molecule has 3 rings (SSSR count). The van der Waals surface area contributed by atoms with E-state index in [1.54, 1.807) is 4.57 Å². The molecule has 1 atom stereocenters. The Morgan fingerprint density at radius 2 is 2.07 bits per heavy atom. The molecule has 5 nitrogen and oxygen atoms in total. The second-order valence-corrected chi connectivity index (χ2v) is 8.63. The topological polar surface area (TPSA) is 64.0 Å². The lowest BCUT2D eigenvalue weighted by Crippen LogP contribution is -2.34. The predicted octanol–water partition coefficient (Wildman–Crippen LogP) is 4.10. The summed E-state index contributed by atoms with van der Waals surface area (Å²) in [7, 11) is 0. The van der Waals surface area contributed by atoms with Crippen LogP contribution in [0, 0.1) is 0 Å². The van der Waals surface area contributed by atoms with Gasteiger partial charge < -0.3 is 5.32 Å². The average Bonchev–Trinajstić information content (AvgIpc) is 3.17. The van der Waals surface area contributed by atoms with E-state index >= 15 is 0 Å². The molecule has 0 aliphatic heterocycles.